The molecule has 2 heteroatoms. The maximum Gasteiger partial charge on any atom is 0.0629 e. The maximum atomic E-state index is 5.66. The van der Waals surface area contributed by atoms with Gasteiger partial charge in [-0.2, -0.15) is 0 Å². The Morgan fingerprint density at radius 1 is 0.938 bits per heavy atom. The van der Waals surface area contributed by atoms with E-state index >= 15 is 0 Å². The van der Waals surface area contributed by atoms with Crippen molar-refractivity contribution in [2.75, 3.05) is 0 Å². The van der Waals surface area contributed by atoms with Gasteiger partial charge in [0.2, 0.25) is 0 Å². The van der Waals surface area contributed by atoms with Gasteiger partial charge in [-0.3, -0.25) is 4.99 Å². The second-order valence-electron chi connectivity index (χ2n) is 3.50. The summed E-state index contributed by atoms with van der Waals surface area (Å²) in [5.74, 6) is 0. The van der Waals surface area contributed by atoms with Crippen molar-refractivity contribution in [2.45, 2.75) is 6.54 Å². The lowest BCUT2D eigenvalue weighted by molar-refractivity contribution is 1.07. The molecule has 2 nitrogen and oxygen atoms in total. The summed E-state index contributed by atoms with van der Waals surface area (Å²) in [5.41, 5.74) is 8.80. The highest BCUT2D eigenvalue weighted by Gasteiger charge is 1.95. The molecule has 2 rings (SSSR count). The smallest absolute Gasteiger partial charge is 0.0629 e. The van der Waals surface area contributed by atoms with Crippen LogP contribution in [0.3, 0.4) is 0 Å². The molecule has 0 unspecified atom stereocenters. The molecule has 0 saturated heterocycles. The number of nitrogens with two attached hydrogens (primary N) is 1. The van der Waals surface area contributed by atoms with Gasteiger partial charge >= 0.3 is 0 Å². The van der Waals surface area contributed by atoms with Gasteiger partial charge in [-0.1, -0.05) is 42.5 Å². The lowest BCUT2D eigenvalue weighted by Gasteiger charge is -2.01. The van der Waals surface area contributed by atoms with Crippen molar-refractivity contribution in [3.05, 3.63) is 65.7 Å². The zero-order valence-corrected chi connectivity index (χ0v) is 9.01. The van der Waals surface area contributed by atoms with Gasteiger partial charge in [-0.25, -0.2) is 0 Å². The number of nitrogens with zero attached hydrogens (tertiary/aromatic N) is 1. The molecule has 2 aromatic carbocycles. The number of hydrogen-bond donors (Lipinski definition) is 1. The lowest BCUT2D eigenvalue weighted by Crippen LogP contribution is -2.00. The topological polar surface area (TPSA) is 38.4 Å². The van der Waals surface area contributed by atoms with Crippen LogP contribution in [0.4, 0.5) is 5.69 Å². The highest BCUT2D eigenvalue weighted by atomic mass is 14.7. The molecule has 16 heavy (non-hydrogen) atoms. The predicted molar refractivity (Wildman–Crippen MR) is 68.0 cm³/mol. The molecular weight excluding hydrogens is 196 g/mol. The fraction of sp³-hybridized carbons (Fsp3) is 0.0714. The second kappa shape index (κ2) is 5.24. The maximum absolute atomic E-state index is 5.66. The molecule has 0 fully saturated rings. The van der Waals surface area contributed by atoms with E-state index in [0.717, 1.165) is 16.8 Å². The normalized spacial score (nSPS) is 10.8. The molecule has 2 aromatic rings. The Balaban J connectivity index is 2.24. The highest BCUT2D eigenvalue weighted by molar-refractivity contribution is 5.83. The number of hydrogen-bond acceptors (Lipinski definition) is 2. The lowest BCUT2D eigenvalue weighted by atomic mass is 10.1. The van der Waals surface area contributed by atoms with Gasteiger partial charge in [0.15, 0.2) is 0 Å². The fourth-order valence-electron chi connectivity index (χ4n) is 1.50. The largest absolute Gasteiger partial charge is 0.326 e. The Bertz CT molecular complexity index is 475. The first kappa shape index (κ1) is 10.6. The molecule has 0 bridgehead atoms. The third kappa shape index (κ3) is 2.55. The van der Waals surface area contributed by atoms with Crippen LogP contribution in [0.1, 0.15) is 11.1 Å². The summed E-state index contributed by atoms with van der Waals surface area (Å²) in [7, 11) is 0. The van der Waals surface area contributed by atoms with E-state index < -0.39 is 0 Å². The Kier molecular flexibility index (Phi) is 3.46. The molecule has 0 spiro atoms. The Morgan fingerprint density at radius 2 is 1.62 bits per heavy atom. The third-order valence-corrected chi connectivity index (χ3v) is 2.38. The van der Waals surface area contributed by atoms with Crippen molar-refractivity contribution in [1.29, 1.82) is 0 Å². The number of benzene rings is 2. The summed E-state index contributed by atoms with van der Waals surface area (Å²) in [6.07, 6.45) is 1.86. The van der Waals surface area contributed by atoms with Crippen molar-refractivity contribution in [1.82, 2.24) is 0 Å². The third-order valence-electron chi connectivity index (χ3n) is 2.38. The average molecular weight is 210 g/mol. The van der Waals surface area contributed by atoms with E-state index in [4.69, 9.17) is 5.73 Å². The van der Waals surface area contributed by atoms with E-state index in [1.54, 1.807) is 0 Å². The van der Waals surface area contributed by atoms with E-state index in [2.05, 4.69) is 4.99 Å². The fourth-order valence-corrected chi connectivity index (χ4v) is 1.50. The van der Waals surface area contributed by atoms with Crippen molar-refractivity contribution >= 4 is 11.9 Å². The van der Waals surface area contributed by atoms with Crippen molar-refractivity contribution in [3.8, 4) is 0 Å². The van der Waals surface area contributed by atoms with E-state index in [9.17, 15) is 0 Å². The monoisotopic (exact) mass is 210 g/mol. The zero-order valence-electron chi connectivity index (χ0n) is 9.01. The van der Waals surface area contributed by atoms with E-state index in [1.165, 1.54) is 0 Å². The molecule has 0 saturated carbocycles. The minimum Gasteiger partial charge on any atom is -0.326 e. The van der Waals surface area contributed by atoms with Crippen LogP contribution in [-0.4, -0.2) is 6.21 Å². The van der Waals surface area contributed by atoms with E-state index in [0.29, 0.717) is 6.54 Å². The van der Waals surface area contributed by atoms with E-state index in [1.807, 2.05) is 60.8 Å². The first-order valence-corrected chi connectivity index (χ1v) is 5.27. The molecule has 0 amide bonds. The SMILES string of the molecule is NCc1ccccc1C=Nc1ccccc1. The van der Waals surface area contributed by atoms with Crippen LogP contribution >= 0.6 is 0 Å². The highest BCUT2D eigenvalue weighted by Crippen LogP contribution is 2.11. The number of para-hydroxylation sites is 1. The molecule has 0 aliphatic rings. The average Bonchev–Trinajstić information content (AvgIpc) is 2.38. The van der Waals surface area contributed by atoms with Gasteiger partial charge < -0.3 is 5.73 Å². The molecule has 0 heterocycles. The molecule has 0 aliphatic carbocycles. The number of rotatable bonds is 3. The summed E-state index contributed by atoms with van der Waals surface area (Å²) in [6, 6.07) is 17.9. The summed E-state index contributed by atoms with van der Waals surface area (Å²) in [6.45, 7) is 0.539. The molecule has 80 valence electrons. The van der Waals surface area contributed by atoms with Gasteiger partial charge in [-0.05, 0) is 23.3 Å². The molecule has 0 radical (unpaired) electrons. The summed E-state index contributed by atoms with van der Waals surface area (Å²) in [4.78, 5) is 4.40. The van der Waals surface area contributed by atoms with Crippen LogP contribution in [0, 0.1) is 0 Å². The van der Waals surface area contributed by atoms with E-state index in [-0.39, 0.29) is 0 Å². The van der Waals surface area contributed by atoms with Crippen LogP contribution in [0.15, 0.2) is 59.6 Å². The minimum absolute atomic E-state index is 0.539. The van der Waals surface area contributed by atoms with Gasteiger partial charge in [0.05, 0.1) is 5.69 Å². The molecule has 0 aliphatic heterocycles. The minimum atomic E-state index is 0.539. The van der Waals surface area contributed by atoms with Gasteiger partial charge in [0, 0.05) is 12.8 Å². The molecule has 2 N–H and O–H groups in total. The van der Waals surface area contributed by atoms with Gasteiger partial charge in [0.1, 0.15) is 0 Å². The molecule has 0 aromatic heterocycles. The summed E-state index contributed by atoms with van der Waals surface area (Å²) in [5, 5.41) is 0. The predicted octanol–water partition coefficient (Wildman–Crippen LogP) is 2.90. The summed E-state index contributed by atoms with van der Waals surface area (Å²) < 4.78 is 0. The second-order valence-corrected chi connectivity index (χ2v) is 3.50. The number of aliphatic imine (C=N–C) groups is 1. The van der Waals surface area contributed by atoms with Crippen molar-refractivity contribution in [3.63, 3.8) is 0 Å². The standard InChI is InChI=1S/C14H14N2/c15-10-12-6-4-5-7-13(12)11-16-14-8-2-1-3-9-14/h1-9,11H,10,15H2. The Morgan fingerprint density at radius 3 is 2.38 bits per heavy atom. The van der Waals surface area contributed by atoms with Gasteiger partial charge in [0.25, 0.3) is 0 Å². The van der Waals surface area contributed by atoms with Crippen LogP contribution in [0.25, 0.3) is 0 Å². The first-order chi connectivity index (χ1) is 7.90. The first-order valence-electron chi connectivity index (χ1n) is 5.27. The Labute approximate surface area is 95.5 Å². The van der Waals surface area contributed by atoms with Crippen LogP contribution in [0.2, 0.25) is 0 Å². The zero-order chi connectivity index (χ0) is 11.2. The summed E-state index contributed by atoms with van der Waals surface area (Å²) >= 11 is 0. The Hall–Kier alpha value is -1.93. The van der Waals surface area contributed by atoms with Gasteiger partial charge in [-0.15, -0.1) is 0 Å². The van der Waals surface area contributed by atoms with Crippen molar-refractivity contribution in [2.24, 2.45) is 10.7 Å². The van der Waals surface area contributed by atoms with Crippen LogP contribution in [-0.2, 0) is 6.54 Å². The molecule has 0 atom stereocenters. The quantitative estimate of drug-likeness (QED) is 0.777. The van der Waals surface area contributed by atoms with Crippen molar-refractivity contribution < 1.29 is 0 Å². The van der Waals surface area contributed by atoms with Crippen LogP contribution < -0.4 is 5.73 Å². The molecular formula is C14H14N2. The van der Waals surface area contributed by atoms with Crippen LogP contribution in [0.5, 0.6) is 0 Å².